The Balaban J connectivity index is 2.11. The summed E-state index contributed by atoms with van der Waals surface area (Å²) in [7, 11) is 0. The van der Waals surface area contributed by atoms with E-state index in [-0.39, 0.29) is 6.54 Å². The predicted molar refractivity (Wildman–Crippen MR) is 66.2 cm³/mol. The van der Waals surface area contributed by atoms with Crippen LogP contribution in [0.5, 0.6) is 0 Å². The van der Waals surface area contributed by atoms with E-state index in [0.717, 1.165) is 18.8 Å². The Bertz CT molecular complexity index is 288. The molecule has 0 aromatic carbocycles. The maximum absolute atomic E-state index is 11.4. The molecule has 1 atom stereocenters. The minimum atomic E-state index is -1.55. The van der Waals surface area contributed by atoms with Crippen molar-refractivity contribution in [1.82, 2.24) is 10.6 Å². The fraction of sp³-hybridized carbons (Fsp3) is 0.833. The monoisotopic (exact) mass is 258 g/mol. The molecular formula is C12H22N2O4. The van der Waals surface area contributed by atoms with Crippen LogP contribution in [0.15, 0.2) is 0 Å². The van der Waals surface area contributed by atoms with Crippen LogP contribution in [0, 0.1) is 11.8 Å². The molecule has 104 valence electrons. The molecule has 1 aliphatic carbocycles. The minimum Gasteiger partial charge on any atom is -0.479 e. The van der Waals surface area contributed by atoms with Crippen molar-refractivity contribution in [3.05, 3.63) is 0 Å². The number of aliphatic hydroxyl groups excluding tert-OH is 1. The summed E-state index contributed by atoms with van der Waals surface area (Å²) in [6.45, 7) is 2.58. The summed E-state index contributed by atoms with van der Waals surface area (Å²) in [4.78, 5) is 21.7. The molecule has 1 aliphatic rings. The van der Waals surface area contributed by atoms with Crippen molar-refractivity contribution in [2.45, 2.75) is 38.7 Å². The van der Waals surface area contributed by atoms with Crippen LogP contribution in [0.4, 0.5) is 4.79 Å². The van der Waals surface area contributed by atoms with Crippen molar-refractivity contribution < 1.29 is 19.8 Å². The summed E-state index contributed by atoms with van der Waals surface area (Å²) < 4.78 is 0. The van der Waals surface area contributed by atoms with Crippen molar-refractivity contribution in [2.75, 3.05) is 13.1 Å². The topological polar surface area (TPSA) is 98.7 Å². The third-order valence-corrected chi connectivity index (χ3v) is 3.43. The number of carbonyl (C=O) groups excluding carboxylic acids is 1. The lowest BCUT2D eigenvalue weighted by molar-refractivity contribution is -0.146. The van der Waals surface area contributed by atoms with E-state index in [2.05, 4.69) is 17.6 Å². The highest BCUT2D eigenvalue weighted by molar-refractivity contribution is 5.76. The molecule has 0 heterocycles. The zero-order valence-electron chi connectivity index (χ0n) is 10.7. The van der Waals surface area contributed by atoms with Crippen LogP contribution in [-0.2, 0) is 4.79 Å². The highest BCUT2D eigenvalue weighted by atomic mass is 16.4. The van der Waals surface area contributed by atoms with Crippen molar-refractivity contribution in [3.8, 4) is 0 Å². The number of aliphatic carboxylic acids is 1. The van der Waals surface area contributed by atoms with Crippen LogP contribution in [-0.4, -0.2) is 41.4 Å². The Morgan fingerprint density at radius 3 is 2.39 bits per heavy atom. The molecule has 1 fully saturated rings. The van der Waals surface area contributed by atoms with E-state index in [4.69, 9.17) is 10.2 Å². The van der Waals surface area contributed by atoms with Gasteiger partial charge in [0.15, 0.2) is 6.10 Å². The summed E-state index contributed by atoms with van der Waals surface area (Å²) in [5.74, 6) is -0.0475. The zero-order valence-corrected chi connectivity index (χ0v) is 10.7. The van der Waals surface area contributed by atoms with Gasteiger partial charge in [0.2, 0.25) is 0 Å². The second kappa shape index (κ2) is 7.20. The molecule has 0 aromatic heterocycles. The Kier molecular flexibility index (Phi) is 5.91. The van der Waals surface area contributed by atoms with Gasteiger partial charge < -0.3 is 20.8 Å². The number of amides is 2. The summed E-state index contributed by atoms with van der Waals surface area (Å²) in [6, 6.07) is -0.422. The molecule has 0 bridgehead atoms. The minimum absolute atomic E-state index is 0.275. The Hall–Kier alpha value is -1.30. The molecule has 0 saturated heterocycles. The molecule has 6 nitrogen and oxygen atoms in total. The number of aliphatic hydroxyl groups is 1. The first-order valence-electron chi connectivity index (χ1n) is 6.41. The average molecular weight is 258 g/mol. The van der Waals surface area contributed by atoms with Gasteiger partial charge in [-0.3, -0.25) is 0 Å². The fourth-order valence-corrected chi connectivity index (χ4v) is 2.11. The van der Waals surface area contributed by atoms with Crippen LogP contribution in [0.1, 0.15) is 32.6 Å². The lowest BCUT2D eigenvalue weighted by atomic mass is 9.83. The Morgan fingerprint density at radius 1 is 1.22 bits per heavy atom. The maximum atomic E-state index is 11.4. The summed E-state index contributed by atoms with van der Waals surface area (Å²) in [5.41, 5.74) is 0. The first-order chi connectivity index (χ1) is 8.49. The number of hydrogen-bond donors (Lipinski definition) is 4. The lowest BCUT2D eigenvalue weighted by Crippen LogP contribution is -2.43. The molecule has 1 saturated carbocycles. The van der Waals surface area contributed by atoms with Gasteiger partial charge in [-0.05, 0) is 24.7 Å². The standard InChI is InChI=1S/C12H22N2O4/c1-8-2-4-9(5-3-8)6-13-12(18)14-7-10(15)11(16)17/h8-10,15H,2-7H2,1H3,(H,16,17)(H2,13,14,18). The van der Waals surface area contributed by atoms with Crippen molar-refractivity contribution in [1.29, 1.82) is 0 Å². The van der Waals surface area contributed by atoms with E-state index in [9.17, 15) is 9.59 Å². The third kappa shape index (κ3) is 5.35. The van der Waals surface area contributed by atoms with Crippen molar-refractivity contribution in [3.63, 3.8) is 0 Å². The van der Waals surface area contributed by atoms with Crippen molar-refractivity contribution in [2.24, 2.45) is 11.8 Å². The summed E-state index contributed by atoms with van der Waals surface area (Å²) >= 11 is 0. The second-order valence-corrected chi connectivity index (χ2v) is 5.07. The first kappa shape index (κ1) is 14.8. The van der Waals surface area contributed by atoms with Crippen LogP contribution < -0.4 is 10.6 Å². The van der Waals surface area contributed by atoms with Crippen molar-refractivity contribution >= 4 is 12.0 Å². The van der Waals surface area contributed by atoms with Gasteiger partial charge in [0.05, 0.1) is 6.54 Å². The number of rotatable bonds is 5. The predicted octanol–water partition coefficient (Wildman–Crippen LogP) is 0.557. The SMILES string of the molecule is CC1CCC(CNC(=O)NCC(O)C(=O)O)CC1. The average Bonchev–Trinajstić information content (AvgIpc) is 2.35. The number of carbonyl (C=O) groups is 2. The van der Waals surface area contributed by atoms with Crippen LogP contribution >= 0.6 is 0 Å². The molecule has 0 aliphatic heterocycles. The van der Waals surface area contributed by atoms with Gasteiger partial charge >= 0.3 is 12.0 Å². The first-order valence-corrected chi connectivity index (χ1v) is 6.41. The Labute approximate surface area is 107 Å². The molecule has 6 heteroatoms. The van der Waals surface area contributed by atoms with E-state index in [1.54, 1.807) is 0 Å². The molecule has 1 unspecified atom stereocenters. The number of nitrogens with one attached hydrogen (secondary N) is 2. The quantitative estimate of drug-likeness (QED) is 0.579. The highest BCUT2D eigenvalue weighted by Gasteiger charge is 2.19. The second-order valence-electron chi connectivity index (χ2n) is 5.07. The number of carboxylic acids is 1. The highest BCUT2D eigenvalue weighted by Crippen LogP contribution is 2.27. The van der Waals surface area contributed by atoms with E-state index < -0.39 is 18.1 Å². The number of carboxylic acid groups (broad SMARTS) is 1. The van der Waals surface area contributed by atoms with Crippen LogP contribution in [0.3, 0.4) is 0 Å². The molecule has 0 aromatic rings. The molecule has 0 spiro atoms. The smallest absolute Gasteiger partial charge is 0.334 e. The van der Waals surface area contributed by atoms with Gasteiger partial charge in [0.25, 0.3) is 0 Å². The van der Waals surface area contributed by atoms with Gasteiger partial charge in [-0.25, -0.2) is 9.59 Å². The molecule has 2 amide bonds. The van der Waals surface area contributed by atoms with Gasteiger partial charge in [-0.1, -0.05) is 19.8 Å². The number of hydrogen-bond acceptors (Lipinski definition) is 3. The zero-order chi connectivity index (χ0) is 13.5. The molecule has 1 rings (SSSR count). The largest absolute Gasteiger partial charge is 0.479 e. The van der Waals surface area contributed by atoms with E-state index >= 15 is 0 Å². The third-order valence-electron chi connectivity index (χ3n) is 3.43. The normalized spacial score (nSPS) is 25.2. The summed E-state index contributed by atoms with van der Waals surface area (Å²) in [5, 5.41) is 22.4. The number of urea groups is 1. The van der Waals surface area contributed by atoms with E-state index in [1.807, 2.05) is 0 Å². The summed E-state index contributed by atoms with van der Waals surface area (Å²) in [6.07, 6.45) is 3.10. The maximum Gasteiger partial charge on any atom is 0.334 e. The van der Waals surface area contributed by atoms with Crippen LogP contribution in [0.25, 0.3) is 0 Å². The molecule has 18 heavy (non-hydrogen) atoms. The fourth-order valence-electron chi connectivity index (χ4n) is 2.11. The lowest BCUT2D eigenvalue weighted by Gasteiger charge is -2.26. The van der Waals surface area contributed by atoms with E-state index in [0.29, 0.717) is 12.5 Å². The van der Waals surface area contributed by atoms with Crippen LogP contribution in [0.2, 0.25) is 0 Å². The van der Waals surface area contributed by atoms with Gasteiger partial charge in [-0.2, -0.15) is 0 Å². The van der Waals surface area contributed by atoms with E-state index in [1.165, 1.54) is 12.8 Å². The Morgan fingerprint density at radius 2 is 1.83 bits per heavy atom. The van der Waals surface area contributed by atoms with Gasteiger partial charge in [-0.15, -0.1) is 0 Å². The molecule has 0 radical (unpaired) electrons. The van der Waals surface area contributed by atoms with Gasteiger partial charge in [0.1, 0.15) is 0 Å². The molecule has 4 N–H and O–H groups in total. The molecular weight excluding hydrogens is 236 g/mol. The van der Waals surface area contributed by atoms with Gasteiger partial charge in [0, 0.05) is 6.54 Å².